The van der Waals surface area contributed by atoms with Crippen LogP contribution >= 0.6 is 0 Å². The van der Waals surface area contributed by atoms with Gasteiger partial charge >= 0.3 is 0 Å². The third kappa shape index (κ3) is 3.22. The molecule has 1 amide bonds. The van der Waals surface area contributed by atoms with Gasteiger partial charge in [-0.2, -0.15) is 5.10 Å². The Bertz CT molecular complexity index is 1060. The van der Waals surface area contributed by atoms with E-state index >= 15 is 0 Å². The molecule has 6 heteroatoms. The summed E-state index contributed by atoms with van der Waals surface area (Å²) in [5, 5.41) is 4.71. The van der Waals surface area contributed by atoms with Crippen LogP contribution in [0.2, 0.25) is 0 Å². The molecule has 0 aliphatic carbocycles. The fraction of sp³-hybridized carbons (Fsp3) is 0.333. The topological polar surface area (TPSA) is 50.6 Å². The van der Waals surface area contributed by atoms with E-state index in [1.165, 1.54) is 5.56 Å². The second-order valence-electron chi connectivity index (χ2n) is 8.13. The number of benzene rings is 2. The summed E-state index contributed by atoms with van der Waals surface area (Å²) in [5.41, 5.74) is 3.85. The first-order valence-corrected chi connectivity index (χ1v) is 10.5. The molecule has 1 unspecified atom stereocenters. The summed E-state index contributed by atoms with van der Waals surface area (Å²) in [6.45, 7) is 4.03. The van der Waals surface area contributed by atoms with E-state index in [0.29, 0.717) is 18.8 Å². The highest BCUT2D eigenvalue weighted by Crippen LogP contribution is 2.31. The van der Waals surface area contributed by atoms with Gasteiger partial charge in [0.15, 0.2) is 5.69 Å². The molecule has 2 atom stereocenters. The Kier molecular flexibility index (Phi) is 4.69. The van der Waals surface area contributed by atoms with Crippen molar-refractivity contribution in [1.29, 1.82) is 0 Å². The van der Waals surface area contributed by atoms with E-state index in [2.05, 4.69) is 37.1 Å². The SMILES string of the molecule is CC(c1ccccc1)n1cc2c(n1)C(=O)N([C@@H]1COc3ccccc3N(C)C1)CC2. The zero-order valence-electron chi connectivity index (χ0n) is 17.4. The minimum Gasteiger partial charge on any atom is -0.489 e. The summed E-state index contributed by atoms with van der Waals surface area (Å²) >= 11 is 0. The third-order valence-electron chi connectivity index (χ3n) is 6.21. The highest BCUT2D eigenvalue weighted by Gasteiger charge is 2.35. The molecule has 0 N–H and O–H groups in total. The Morgan fingerprint density at radius 2 is 1.87 bits per heavy atom. The largest absolute Gasteiger partial charge is 0.489 e. The number of carbonyl (C=O) groups is 1. The minimum absolute atomic E-state index is 0.00298. The summed E-state index contributed by atoms with van der Waals surface area (Å²) in [4.78, 5) is 17.5. The normalized spacial score (nSPS) is 19.5. The molecule has 1 aromatic heterocycles. The smallest absolute Gasteiger partial charge is 0.275 e. The number of likely N-dealkylation sites (N-methyl/N-ethyl adjacent to an activating group) is 1. The Hall–Kier alpha value is -3.28. The zero-order valence-corrected chi connectivity index (χ0v) is 17.4. The van der Waals surface area contributed by atoms with Crippen LogP contribution < -0.4 is 9.64 Å². The first-order valence-electron chi connectivity index (χ1n) is 10.5. The molecular formula is C24H26N4O2. The lowest BCUT2D eigenvalue weighted by Crippen LogP contribution is -2.51. The molecule has 30 heavy (non-hydrogen) atoms. The molecule has 0 spiro atoms. The molecule has 0 saturated carbocycles. The van der Waals surface area contributed by atoms with Crippen LogP contribution in [0.25, 0.3) is 0 Å². The molecule has 0 fully saturated rings. The van der Waals surface area contributed by atoms with Gasteiger partial charge in [-0.3, -0.25) is 9.48 Å². The number of amides is 1. The molecule has 0 saturated heterocycles. The maximum Gasteiger partial charge on any atom is 0.275 e. The second-order valence-corrected chi connectivity index (χ2v) is 8.13. The molecule has 2 aromatic carbocycles. The van der Waals surface area contributed by atoms with Gasteiger partial charge in [0.2, 0.25) is 0 Å². The van der Waals surface area contributed by atoms with Gasteiger partial charge < -0.3 is 14.5 Å². The van der Waals surface area contributed by atoms with Crippen molar-refractivity contribution in [2.75, 3.05) is 31.6 Å². The van der Waals surface area contributed by atoms with Crippen molar-refractivity contribution in [3.63, 3.8) is 0 Å². The first kappa shape index (κ1) is 18.7. The van der Waals surface area contributed by atoms with Gasteiger partial charge in [0.05, 0.1) is 17.8 Å². The standard InChI is InChI=1S/C24H26N4O2/c1-17(18-8-4-3-5-9-18)28-14-19-12-13-27(24(29)23(19)25-28)20-15-26(2)21-10-6-7-11-22(21)30-16-20/h3-11,14,17,20H,12-13,15-16H2,1-2H3/t17?,20-/m0/s1. The van der Waals surface area contributed by atoms with E-state index in [4.69, 9.17) is 9.84 Å². The van der Waals surface area contributed by atoms with Crippen LogP contribution in [0.4, 0.5) is 5.69 Å². The highest BCUT2D eigenvalue weighted by molar-refractivity contribution is 5.95. The third-order valence-corrected chi connectivity index (χ3v) is 6.21. The summed E-state index contributed by atoms with van der Waals surface area (Å²) in [6, 6.07) is 18.4. The first-order chi connectivity index (χ1) is 14.6. The number of carbonyl (C=O) groups excluding carboxylic acids is 1. The van der Waals surface area contributed by atoms with Gasteiger partial charge in [-0.25, -0.2) is 0 Å². The molecule has 2 aliphatic heterocycles. The average Bonchev–Trinajstić information content (AvgIpc) is 3.15. The van der Waals surface area contributed by atoms with Crippen LogP contribution in [0.1, 0.15) is 34.6 Å². The molecule has 0 bridgehead atoms. The predicted molar refractivity (Wildman–Crippen MR) is 116 cm³/mol. The van der Waals surface area contributed by atoms with Crippen molar-refractivity contribution >= 4 is 11.6 Å². The Morgan fingerprint density at radius 3 is 2.70 bits per heavy atom. The Balaban J connectivity index is 1.37. The number of fused-ring (bicyclic) bond motifs is 2. The van der Waals surface area contributed by atoms with Crippen molar-refractivity contribution in [3.8, 4) is 5.75 Å². The van der Waals surface area contributed by atoms with Crippen LogP contribution in [0.3, 0.4) is 0 Å². The second kappa shape index (κ2) is 7.52. The lowest BCUT2D eigenvalue weighted by molar-refractivity contribution is 0.0604. The zero-order chi connectivity index (χ0) is 20.7. The van der Waals surface area contributed by atoms with E-state index in [0.717, 1.165) is 30.0 Å². The van der Waals surface area contributed by atoms with Gasteiger partial charge in [-0.1, -0.05) is 42.5 Å². The maximum absolute atomic E-state index is 13.4. The highest BCUT2D eigenvalue weighted by atomic mass is 16.5. The number of nitrogens with zero attached hydrogens (tertiary/aromatic N) is 4. The Morgan fingerprint density at radius 1 is 1.10 bits per heavy atom. The lowest BCUT2D eigenvalue weighted by atomic mass is 10.0. The summed E-state index contributed by atoms with van der Waals surface area (Å²) in [7, 11) is 2.05. The molecule has 0 radical (unpaired) electrons. The molecule has 154 valence electrons. The maximum atomic E-state index is 13.4. The molecule has 6 nitrogen and oxygen atoms in total. The van der Waals surface area contributed by atoms with E-state index in [-0.39, 0.29) is 18.0 Å². The van der Waals surface area contributed by atoms with Gasteiger partial charge in [0.25, 0.3) is 5.91 Å². The number of rotatable bonds is 3. The Labute approximate surface area is 176 Å². The van der Waals surface area contributed by atoms with E-state index in [9.17, 15) is 4.79 Å². The lowest BCUT2D eigenvalue weighted by Gasteiger charge is -2.34. The number of anilines is 1. The average molecular weight is 402 g/mol. The quantitative estimate of drug-likeness (QED) is 0.674. The minimum atomic E-state index is -0.0141. The fourth-order valence-corrected chi connectivity index (χ4v) is 4.44. The number of ether oxygens (including phenoxy) is 1. The number of para-hydroxylation sites is 2. The van der Waals surface area contributed by atoms with Gasteiger partial charge in [-0.15, -0.1) is 0 Å². The van der Waals surface area contributed by atoms with Crippen molar-refractivity contribution < 1.29 is 9.53 Å². The van der Waals surface area contributed by atoms with Crippen LogP contribution in [0, 0.1) is 0 Å². The van der Waals surface area contributed by atoms with Crippen molar-refractivity contribution in [3.05, 3.63) is 77.6 Å². The van der Waals surface area contributed by atoms with E-state index < -0.39 is 0 Å². The number of hydrogen-bond acceptors (Lipinski definition) is 4. The fourth-order valence-electron chi connectivity index (χ4n) is 4.44. The summed E-state index contributed by atoms with van der Waals surface area (Å²) < 4.78 is 7.98. The number of aromatic nitrogens is 2. The van der Waals surface area contributed by atoms with Crippen LogP contribution in [0.15, 0.2) is 60.8 Å². The molecule has 3 heterocycles. The number of hydrogen-bond donors (Lipinski definition) is 0. The van der Waals surface area contributed by atoms with Crippen molar-refractivity contribution in [1.82, 2.24) is 14.7 Å². The van der Waals surface area contributed by atoms with Gasteiger partial charge in [0.1, 0.15) is 12.4 Å². The van der Waals surface area contributed by atoms with Crippen LogP contribution in [-0.4, -0.2) is 53.4 Å². The van der Waals surface area contributed by atoms with Gasteiger partial charge in [0, 0.05) is 31.9 Å². The molecular weight excluding hydrogens is 376 g/mol. The summed E-state index contributed by atoms with van der Waals surface area (Å²) in [5.74, 6) is 0.872. The van der Waals surface area contributed by atoms with Crippen molar-refractivity contribution in [2.24, 2.45) is 0 Å². The van der Waals surface area contributed by atoms with Gasteiger partial charge in [-0.05, 0) is 31.0 Å². The van der Waals surface area contributed by atoms with Crippen molar-refractivity contribution in [2.45, 2.75) is 25.4 Å². The van der Waals surface area contributed by atoms with E-state index in [1.54, 1.807) is 0 Å². The van der Waals surface area contributed by atoms with Crippen LogP contribution in [-0.2, 0) is 6.42 Å². The molecule has 3 aromatic rings. The van der Waals surface area contributed by atoms with E-state index in [1.807, 2.05) is 52.2 Å². The predicted octanol–water partition coefficient (Wildman–Crippen LogP) is 3.39. The monoisotopic (exact) mass is 402 g/mol. The molecule has 2 aliphatic rings. The molecule has 5 rings (SSSR count). The summed E-state index contributed by atoms with van der Waals surface area (Å²) in [6.07, 6.45) is 2.85. The van der Waals surface area contributed by atoms with Crippen LogP contribution in [0.5, 0.6) is 5.75 Å².